The Labute approximate surface area is 135 Å². The number of nitrogens with one attached hydrogen (secondary N) is 1. The Morgan fingerprint density at radius 1 is 1.35 bits per heavy atom. The van der Waals surface area contributed by atoms with Crippen molar-refractivity contribution in [2.75, 3.05) is 42.3 Å². The summed E-state index contributed by atoms with van der Waals surface area (Å²) in [4.78, 5) is 21.4. The van der Waals surface area contributed by atoms with Gasteiger partial charge in [0.25, 0.3) is 0 Å². The summed E-state index contributed by atoms with van der Waals surface area (Å²) in [5.74, 6) is 2.09. The Balaban J connectivity index is 1.70. The lowest BCUT2D eigenvalue weighted by Crippen LogP contribution is -2.24. The van der Waals surface area contributed by atoms with Crippen LogP contribution in [0.25, 0.3) is 0 Å². The van der Waals surface area contributed by atoms with Crippen molar-refractivity contribution in [3.63, 3.8) is 0 Å². The molecule has 1 fully saturated rings. The number of hydrogen-bond acceptors (Lipinski definition) is 8. The number of rotatable bonds is 5. The molecule has 0 bridgehead atoms. The van der Waals surface area contributed by atoms with Crippen molar-refractivity contribution in [1.29, 1.82) is 0 Å². The second kappa shape index (κ2) is 6.74. The number of β-amino-alcohol motifs (C(OH)–C–C–N with tert-alkyl or cyclic N) is 1. The highest BCUT2D eigenvalue weighted by atomic mass is 16.3. The Kier molecular flexibility index (Phi) is 4.52. The SMILES string of the molecule is CNc1ncc(CN(C)c2nccc(N3CCC(O)C3)n2)cn1. The molecule has 23 heavy (non-hydrogen) atoms. The van der Waals surface area contributed by atoms with Crippen LogP contribution in [0.2, 0.25) is 0 Å². The van der Waals surface area contributed by atoms with Crippen LogP contribution < -0.4 is 15.1 Å². The maximum Gasteiger partial charge on any atom is 0.227 e. The van der Waals surface area contributed by atoms with Crippen LogP contribution in [0.15, 0.2) is 24.7 Å². The van der Waals surface area contributed by atoms with Gasteiger partial charge in [0.15, 0.2) is 0 Å². The molecule has 0 aliphatic carbocycles. The van der Waals surface area contributed by atoms with E-state index >= 15 is 0 Å². The van der Waals surface area contributed by atoms with Gasteiger partial charge < -0.3 is 20.2 Å². The lowest BCUT2D eigenvalue weighted by atomic mass is 10.3. The van der Waals surface area contributed by atoms with E-state index in [9.17, 15) is 5.11 Å². The maximum atomic E-state index is 9.66. The molecule has 0 saturated carbocycles. The number of aliphatic hydroxyl groups excluding tert-OH is 1. The highest BCUT2D eigenvalue weighted by Crippen LogP contribution is 2.20. The van der Waals surface area contributed by atoms with Crippen LogP contribution in [-0.2, 0) is 6.54 Å². The smallest absolute Gasteiger partial charge is 0.227 e. The van der Waals surface area contributed by atoms with Gasteiger partial charge in [-0.3, -0.25) is 0 Å². The molecule has 1 aliphatic heterocycles. The molecule has 8 heteroatoms. The van der Waals surface area contributed by atoms with E-state index < -0.39 is 0 Å². The zero-order chi connectivity index (χ0) is 16.2. The molecule has 2 aromatic rings. The van der Waals surface area contributed by atoms with Gasteiger partial charge in [0.2, 0.25) is 11.9 Å². The van der Waals surface area contributed by atoms with Crippen molar-refractivity contribution in [2.45, 2.75) is 19.1 Å². The molecule has 0 spiro atoms. The Morgan fingerprint density at radius 2 is 2.13 bits per heavy atom. The van der Waals surface area contributed by atoms with Gasteiger partial charge in [-0.25, -0.2) is 15.0 Å². The molecule has 8 nitrogen and oxygen atoms in total. The van der Waals surface area contributed by atoms with E-state index in [2.05, 4.69) is 30.2 Å². The van der Waals surface area contributed by atoms with Gasteiger partial charge in [-0.1, -0.05) is 0 Å². The first-order valence-corrected chi connectivity index (χ1v) is 7.61. The Hall–Kier alpha value is -2.48. The molecular formula is C15H21N7O. The minimum Gasteiger partial charge on any atom is -0.391 e. The monoisotopic (exact) mass is 315 g/mol. The zero-order valence-corrected chi connectivity index (χ0v) is 13.3. The average molecular weight is 315 g/mol. The molecule has 3 heterocycles. The quantitative estimate of drug-likeness (QED) is 0.825. The summed E-state index contributed by atoms with van der Waals surface area (Å²) in [6.45, 7) is 2.07. The summed E-state index contributed by atoms with van der Waals surface area (Å²) in [5, 5.41) is 12.6. The summed E-state index contributed by atoms with van der Waals surface area (Å²) < 4.78 is 0. The third-order valence-electron chi connectivity index (χ3n) is 3.81. The van der Waals surface area contributed by atoms with Crippen LogP contribution in [0.4, 0.5) is 17.7 Å². The minimum atomic E-state index is -0.269. The van der Waals surface area contributed by atoms with Gasteiger partial charge in [0.05, 0.1) is 6.10 Å². The van der Waals surface area contributed by atoms with Crippen molar-refractivity contribution in [2.24, 2.45) is 0 Å². The Bertz CT molecular complexity index is 649. The first-order valence-electron chi connectivity index (χ1n) is 7.61. The highest BCUT2D eigenvalue weighted by molar-refractivity contribution is 5.44. The molecule has 2 aromatic heterocycles. The van der Waals surface area contributed by atoms with Gasteiger partial charge in [0.1, 0.15) is 5.82 Å². The highest BCUT2D eigenvalue weighted by Gasteiger charge is 2.21. The van der Waals surface area contributed by atoms with Crippen molar-refractivity contribution < 1.29 is 5.11 Å². The maximum absolute atomic E-state index is 9.66. The van der Waals surface area contributed by atoms with E-state index in [1.165, 1.54) is 0 Å². The van der Waals surface area contributed by atoms with Gasteiger partial charge in [0, 0.05) is 57.9 Å². The topological polar surface area (TPSA) is 90.3 Å². The first-order chi connectivity index (χ1) is 11.2. The van der Waals surface area contributed by atoms with Crippen molar-refractivity contribution >= 4 is 17.7 Å². The molecule has 0 amide bonds. The number of hydrogen-bond donors (Lipinski definition) is 2. The van der Waals surface area contributed by atoms with Crippen LogP contribution in [0.5, 0.6) is 0 Å². The molecule has 1 aliphatic rings. The van der Waals surface area contributed by atoms with E-state index in [0.717, 1.165) is 24.3 Å². The number of aromatic nitrogens is 4. The minimum absolute atomic E-state index is 0.269. The molecule has 122 valence electrons. The number of nitrogens with zero attached hydrogens (tertiary/aromatic N) is 6. The summed E-state index contributed by atoms with van der Waals surface area (Å²) >= 11 is 0. The normalized spacial score (nSPS) is 17.3. The molecule has 1 saturated heterocycles. The van der Waals surface area contributed by atoms with Crippen molar-refractivity contribution in [3.8, 4) is 0 Å². The summed E-state index contributed by atoms with van der Waals surface area (Å²) in [5.41, 5.74) is 0.983. The van der Waals surface area contributed by atoms with E-state index in [1.807, 2.05) is 18.0 Å². The molecule has 0 aromatic carbocycles. The lowest BCUT2D eigenvalue weighted by molar-refractivity contribution is 0.198. The predicted octanol–water partition coefficient (Wildman–Crippen LogP) is 0.516. The number of aliphatic hydroxyl groups is 1. The Morgan fingerprint density at radius 3 is 2.78 bits per heavy atom. The van der Waals surface area contributed by atoms with Crippen LogP contribution >= 0.6 is 0 Å². The molecule has 2 N–H and O–H groups in total. The van der Waals surface area contributed by atoms with Crippen LogP contribution in [0.3, 0.4) is 0 Å². The molecule has 0 radical (unpaired) electrons. The summed E-state index contributed by atoms with van der Waals surface area (Å²) in [6, 6.07) is 1.88. The van der Waals surface area contributed by atoms with E-state index in [0.29, 0.717) is 25.0 Å². The van der Waals surface area contributed by atoms with Crippen LogP contribution in [0.1, 0.15) is 12.0 Å². The third-order valence-corrected chi connectivity index (χ3v) is 3.81. The van der Waals surface area contributed by atoms with E-state index in [1.54, 1.807) is 25.6 Å². The standard InChI is InChI=1S/C15H21N7O/c1-16-14-18-7-11(8-19-14)9-21(2)15-17-5-3-13(20-15)22-6-4-12(23)10-22/h3,5,7-8,12,23H,4,6,9-10H2,1-2H3,(H,16,18,19). The predicted molar refractivity (Wildman–Crippen MR) is 88.6 cm³/mol. The zero-order valence-electron chi connectivity index (χ0n) is 13.3. The first kappa shape index (κ1) is 15.4. The van der Waals surface area contributed by atoms with Gasteiger partial charge in [-0.15, -0.1) is 0 Å². The largest absolute Gasteiger partial charge is 0.391 e. The third kappa shape index (κ3) is 3.65. The second-order valence-electron chi connectivity index (χ2n) is 5.62. The summed E-state index contributed by atoms with van der Waals surface area (Å²) in [7, 11) is 3.72. The molecule has 1 unspecified atom stereocenters. The fourth-order valence-corrected chi connectivity index (χ4v) is 2.56. The fraction of sp³-hybridized carbons (Fsp3) is 0.467. The van der Waals surface area contributed by atoms with Crippen molar-refractivity contribution in [1.82, 2.24) is 19.9 Å². The van der Waals surface area contributed by atoms with E-state index in [4.69, 9.17) is 0 Å². The summed E-state index contributed by atoms with van der Waals surface area (Å²) in [6.07, 6.45) is 5.84. The molecule has 3 rings (SSSR count). The van der Waals surface area contributed by atoms with E-state index in [-0.39, 0.29) is 6.10 Å². The number of anilines is 3. The van der Waals surface area contributed by atoms with Crippen LogP contribution in [-0.4, -0.2) is 58.3 Å². The van der Waals surface area contributed by atoms with Crippen molar-refractivity contribution in [3.05, 3.63) is 30.2 Å². The average Bonchev–Trinajstić information content (AvgIpc) is 3.02. The van der Waals surface area contributed by atoms with Gasteiger partial charge in [-0.2, -0.15) is 4.98 Å². The van der Waals surface area contributed by atoms with Crippen LogP contribution in [0, 0.1) is 0 Å². The molecule has 1 atom stereocenters. The molecular weight excluding hydrogens is 294 g/mol. The second-order valence-corrected chi connectivity index (χ2v) is 5.62. The fourth-order valence-electron chi connectivity index (χ4n) is 2.56. The lowest BCUT2D eigenvalue weighted by Gasteiger charge is -2.20. The van der Waals surface area contributed by atoms with Gasteiger partial charge >= 0.3 is 0 Å². The van der Waals surface area contributed by atoms with Gasteiger partial charge in [-0.05, 0) is 12.5 Å².